The fraction of sp³-hybridized carbons (Fsp3) is 0.604. The number of quaternary nitrogens is 1. The van der Waals surface area contributed by atoms with Crippen LogP contribution in [-0.4, -0.2) is 80.6 Å². The Balaban J connectivity index is 4.49. The molecule has 1 N–H and O–H groups in total. The number of carboxylic acid groups (broad SMARTS) is 1. The van der Waals surface area contributed by atoms with E-state index in [-0.39, 0.29) is 42.7 Å². The van der Waals surface area contributed by atoms with Gasteiger partial charge in [0.05, 0.1) is 34.4 Å². The van der Waals surface area contributed by atoms with Crippen LogP contribution in [0.4, 0.5) is 0 Å². The van der Waals surface area contributed by atoms with Crippen LogP contribution in [0.5, 0.6) is 0 Å². The van der Waals surface area contributed by atoms with E-state index >= 15 is 0 Å². The average Bonchev–Trinajstić information content (AvgIpc) is 3.15. The van der Waals surface area contributed by atoms with Crippen LogP contribution < -0.4 is 0 Å². The maximum absolute atomic E-state index is 12.7. The van der Waals surface area contributed by atoms with Crippen molar-refractivity contribution in [3.8, 4) is 0 Å². The van der Waals surface area contributed by atoms with E-state index in [2.05, 4.69) is 111 Å². The summed E-state index contributed by atoms with van der Waals surface area (Å²) in [5.74, 6) is -1.58. The summed E-state index contributed by atoms with van der Waals surface area (Å²) in [7, 11) is 5.48. The molecule has 2 unspecified atom stereocenters. The maximum Gasteiger partial charge on any atom is 0.362 e. The molecule has 316 valence electrons. The quantitative estimate of drug-likeness (QED) is 0.0222. The van der Waals surface area contributed by atoms with Crippen molar-refractivity contribution >= 4 is 17.9 Å². The molecule has 0 aromatic carbocycles. The van der Waals surface area contributed by atoms with Gasteiger partial charge in [0.15, 0.2) is 12.1 Å². The molecule has 0 saturated carbocycles. The number of hydrogen-bond acceptors (Lipinski definition) is 6. The summed E-state index contributed by atoms with van der Waals surface area (Å²) in [6.45, 7) is 4.46. The largest absolute Gasteiger partial charge is 0.477 e. The van der Waals surface area contributed by atoms with Gasteiger partial charge < -0.3 is 23.8 Å². The van der Waals surface area contributed by atoms with Crippen molar-refractivity contribution in [2.75, 3.05) is 41.0 Å². The highest BCUT2D eigenvalue weighted by Gasteiger charge is 2.31. The molecule has 0 rings (SSSR count). The number of aliphatic carboxylic acids is 1. The molecule has 0 radical (unpaired) electrons. The van der Waals surface area contributed by atoms with E-state index in [0.29, 0.717) is 19.3 Å². The third kappa shape index (κ3) is 35.9. The number of carbonyl (C=O) groups excluding carboxylic acids is 2. The summed E-state index contributed by atoms with van der Waals surface area (Å²) in [4.78, 5) is 36.9. The van der Waals surface area contributed by atoms with Gasteiger partial charge in [0, 0.05) is 19.3 Å². The van der Waals surface area contributed by atoms with Crippen molar-refractivity contribution in [1.29, 1.82) is 0 Å². The van der Waals surface area contributed by atoms with E-state index in [4.69, 9.17) is 14.2 Å². The first kappa shape index (κ1) is 52.2. The van der Waals surface area contributed by atoms with Gasteiger partial charge >= 0.3 is 17.9 Å². The predicted octanol–water partition coefficient (Wildman–Crippen LogP) is 11.5. The van der Waals surface area contributed by atoms with Crippen LogP contribution in [0.3, 0.4) is 0 Å². The lowest BCUT2D eigenvalue weighted by Gasteiger charge is -2.31. The van der Waals surface area contributed by atoms with E-state index in [9.17, 15) is 19.5 Å². The predicted molar refractivity (Wildman–Crippen MR) is 233 cm³/mol. The Labute approximate surface area is 341 Å². The van der Waals surface area contributed by atoms with Crippen molar-refractivity contribution in [2.24, 2.45) is 0 Å². The van der Waals surface area contributed by atoms with E-state index in [1.807, 2.05) is 21.1 Å². The molecular formula is C48H78NO7+. The van der Waals surface area contributed by atoms with Gasteiger partial charge in [0.25, 0.3) is 0 Å². The van der Waals surface area contributed by atoms with Crippen LogP contribution in [-0.2, 0) is 28.6 Å². The lowest BCUT2D eigenvalue weighted by Crippen LogP contribution is -2.50. The second-order valence-corrected chi connectivity index (χ2v) is 14.9. The van der Waals surface area contributed by atoms with E-state index in [1.165, 1.54) is 12.8 Å². The smallest absolute Gasteiger partial charge is 0.362 e. The lowest BCUT2D eigenvalue weighted by molar-refractivity contribution is -0.887. The number of rotatable bonds is 36. The number of likely N-dealkylation sites (N-methyl/N-ethyl adjacent to an activating group) is 1. The number of nitrogens with zero attached hydrogens (tertiary/aromatic N) is 1. The van der Waals surface area contributed by atoms with Gasteiger partial charge in [-0.05, 0) is 83.5 Å². The number of ether oxygens (including phenoxy) is 3. The molecule has 0 aromatic heterocycles. The van der Waals surface area contributed by atoms with Crippen LogP contribution >= 0.6 is 0 Å². The van der Waals surface area contributed by atoms with Gasteiger partial charge in [-0.3, -0.25) is 9.59 Å². The first-order valence-corrected chi connectivity index (χ1v) is 21.3. The zero-order valence-corrected chi connectivity index (χ0v) is 35.8. The molecule has 0 aliphatic carbocycles. The molecular weight excluding hydrogens is 703 g/mol. The summed E-state index contributed by atoms with van der Waals surface area (Å²) in [6.07, 6.45) is 50.3. The number of carboxylic acids is 1. The third-order valence-electron chi connectivity index (χ3n) is 8.75. The molecule has 8 heteroatoms. The fourth-order valence-electron chi connectivity index (χ4n) is 5.42. The Morgan fingerprint density at radius 3 is 1.59 bits per heavy atom. The van der Waals surface area contributed by atoms with Gasteiger partial charge in [-0.1, -0.05) is 130 Å². The Morgan fingerprint density at radius 2 is 1.05 bits per heavy atom. The Hall–Kier alpha value is -3.75. The summed E-state index contributed by atoms with van der Waals surface area (Å²) < 4.78 is 17.2. The third-order valence-corrected chi connectivity index (χ3v) is 8.75. The minimum absolute atomic E-state index is 0.0280. The zero-order valence-electron chi connectivity index (χ0n) is 35.8. The van der Waals surface area contributed by atoms with Crippen molar-refractivity contribution < 1.29 is 38.2 Å². The second kappa shape index (κ2) is 38.1. The Bertz CT molecular complexity index is 1230. The highest BCUT2D eigenvalue weighted by molar-refractivity contribution is 5.72. The van der Waals surface area contributed by atoms with Crippen molar-refractivity contribution in [3.63, 3.8) is 0 Å². The van der Waals surface area contributed by atoms with Crippen molar-refractivity contribution in [3.05, 3.63) is 97.2 Å². The standard InChI is InChI=1S/C48H77NO7/c1-6-8-10-12-14-16-18-19-20-21-22-23-24-25-26-27-29-31-33-35-37-39-47(51)56-44(42-54-41-40-45(48(52)53)49(3,4)5)43-55-46(50)38-36-34-32-30-28-17-15-13-11-9-7-2/h8,10,13-17,19-20,22-23,25-26,28-29,31,44-45H,6-7,9,11-12,18,21,24,27,30,32-43H2,1-5H3/p+1/b10-8+,15-13+,16-14+,20-19+,23-22+,26-25+,28-17+,31-29+. The highest BCUT2D eigenvalue weighted by Crippen LogP contribution is 2.11. The maximum atomic E-state index is 12.7. The Kier molecular flexibility index (Phi) is 35.6. The summed E-state index contributed by atoms with van der Waals surface area (Å²) in [5.41, 5.74) is 0. The van der Waals surface area contributed by atoms with Gasteiger partial charge in [0.2, 0.25) is 0 Å². The molecule has 0 aliphatic rings. The first-order chi connectivity index (χ1) is 27.1. The minimum atomic E-state index is -0.891. The van der Waals surface area contributed by atoms with E-state index < -0.39 is 18.1 Å². The van der Waals surface area contributed by atoms with E-state index in [1.54, 1.807) is 0 Å². The van der Waals surface area contributed by atoms with Crippen LogP contribution in [0.2, 0.25) is 0 Å². The van der Waals surface area contributed by atoms with Gasteiger partial charge in [-0.15, -0.1) is 0 Å². The second-order valence-electron chi connectivity index (χ2n) is 14.9. The molecule has 8 nitrogen and oxygen atoms in total. The molecule has 0 amide bonds. The van der Waals surface area contributed by atoms with Crippen molar-refractivity contribution in [2.45, 2.75) is 148 Å². The molecule has 0 aromatic rings. The molecule has 0 bridgehead atoms. The van der Waals surface area contributed by atoms with Crippen molar-refractivity contribution in [1.82, 2.24) is 0 Å². The highest BCUT2D eigenvalue weighted by atomic mass is 16.6. The Morgan fingerprint density at radius 1 is 0.571 bits per heavy atom. The topological polar surface area (TPSA) is 99.1 Å². The summed E-state index contributed by atoms with van der Waals surface area (Å²) >= 11 is 0. The minimum Gasteiger partial charge on any atom is -0.477 e. The first-order valence-electron chi connectivity index (χ1n) is 21.3. The molecule has 0 spiro atoms. The number of carbonyl (C=O) groups is 3. The number of allylic oxidation sites excluding steroid dienone is 16. The fourth-order valence-corrected chi connectivity index (χ4v) is 5.42. The zero-order chi connectivity index (χ0) is 41.4. The van der Waals surface area contributed by atoms with Crippen LogP contribution in [0, 0.1) is 0 Å². The summed E-state index contributed by atoms with van der Waals surface area (Å²) in [6, 6.07) is -0.632. The van der Waals surface area contributed by atoms with Gasteiger partial charge in [-0.25, -0.2) is 4.79 Å². The molecule has 0 aliphatic heterocycles. The number of unbranched alkanes of at least 4 members (excludes halogenated alkanes) is 7. The van der Waals surface area contributed by atoms with Crippen LogP contribution in [0.1, 0.15) is 136 Å². The summed E-state index contributed by atoms with van der Waals surface area (Å²) in [5, 5.41) is 9.60. The van der Waals surface area contributed by atoms with E-state index in [0.717, 1.165) is 83.5 Å². The number of hydrogen-bond donors (Lipinski definition) is 1. The molecule has 0 heterocycles. The SMILES string of the molecule is CC/C=C/C/C=C/C/C=C/C/C=C/C/C=C/C/C=C/CCCCC(=O)OC(COCCC(C(=O)O)[N+](C)(C)C)COC(=O)CCCCC/C=C/C=C/CCCC. The molecule has 0 saturated heterocycles. The monoisotopic (exact) mass is 781 g/mol. The number of esters is 2. The van der Waals surface area contributed by atoms with Gasteiger partial charge in [0.1, 0.15) is 6.61 Å². The van der Waals surface area contributed by atoms with Gasteiger partial charge in [-0.2, -0.15) is 0 Å². The van der Waals surface area contributed by atoms with Crippen LogP contribution in [0.25, 0.3) is 0 Å². The lowest BCUT2D eigenvalue weighted by atomic mass is 10.1. The molecule has 2 atom stereocenters. The molecule has 0 fully saturated rings. The van der Waals surface area contributed by atoms with Crippen LogP contribution in [0.15, 0.2) is 97.2 Å². The normalized spacial score (nSPS) is 13.9. The molecule has 56 heavy (non-hydrogen) atoms. The average molecular weight is 781 g/mol.